The van der Waals surface area contributed by atoms with Crippen molar-refractivity contribution in [3.8, 4) is 0 Å². The minimum Gasteiger partial charge on any atom is -0.481 e. The third-order valence-corrected chi connectivity index (χ3v) is 8.05. The largest absolute Gasteiger partial charge is 0.481 e. The van der Waals surface area contributed by atoms with Crippen molar-refractivity contribution in [2.75, 3.05) is 11.9 Å². The number of rotatable bonds is 6. The first kappa shape index (κ1) is 32.3. The van der Waals surface area contributed by atoms with E-state index in [1.807, 2.05) is 0 Å². The molecule has 1 amide bonds. The molecule has 236 valence electrons. The van der Waals surface area contributed by atoms with E-state index in [1.165, 1.54) is 13.0 Å². The van der Waals surface area contributed by atoms with Gasteiger partial charge in [-0.1, -0.05) is 0 Å². The Hall–Kier alpha value is -3.65. The predicted octanol–water partition coefficient (Wildman–Crippen LogP) is 7.90. The van der Waals surface area contributed by atoms with E-state index in [4.69, 9.17) is 4.74 Å². The van der Waals surface area contributed by atoms with Crippen LogP contribution in [0.1, 0.15) is 66.5 Å². The van der Waals surface area contributed by atoms with Crippen molar-refractivity contribution < 1.29 is 58.9 Å². The first-order valence-corrected chi connectivity index (χ1v) is 13.2. The molecule has 1 N–H and O–H groups in total. The number of hydrogen-bond acceptors (Lipinski definition) is 4. The van der Waals surface area contributed by atoms with Crippen LogP contribution in [0.2, 0.25) is 0 Å². The lowest BCUT2D eigenvalue weighted by Gasteiger charge is -2.36. The number of alkyl halides is 9. The van der Waals surface area contributed by atoms with Crippen LogP contribution in [0.15, 0.2) is 36.4 Å². The molecule has 4 rings (SSSR count). The van der Waals surface area contributed by atoms with Crippen LogP contribution in [0, 0.1) is 5.92 Å². The third kappa shape index (κ3) is 6.96. The molecule has 2 aromatic carbocycles. The van der Waals surface area contributed by atoms with Crippen molar-refractivity contribution in [3.05, 3.63) is 64.2 Å². The summed E-state index contributed by atoms with van der Waals surface area (Å²) in [5.74, 6) is -1.47. The molecule has 2 aliphatic rings. The summed E-state index contributed by atoms with van der Waals surface area (Å²) in [6.45, 7) is 0.822. The average Bonchev–Trinajstić information content (AvgIpc) is 3.19. The van der Waals surface area contributed by atoms with Gasteiger partial charge in [-0.3, -0.25) is 9.69 Å². The summed E-state index contributed by atoms with van der Waals surface area (Å²) in [6, 6.07) is 2.35. The molecule has 43 heavy (non-hydrogen) atoms. The normalized spacial score (nSPS) is 23.3. The molecular formula is C28H27F9N2O4. The Balaban J connectivity index is 1.67. The van der Waals surface area contributed by atoms with Gasteiger partial charge in [-0.15, -0.1) is 0 Å². The first-order valence-electron chi connectivity index (χ1n) is 13.2. The summed E-state index contributed by atoms with van der Waals surface area (Å²) in [4.78, 5) is 26.8. The van der Waals surface area contributed by atoms with Crippen molar-refractivity contribution in [2.24, 2.45) is 5.92 Å². The van der Waals surface area contributed by atoms with Gasteiger partial charge in [0.25, 0.3) is 0 Å². The van der Waals surface area contributed by atoms with Gasteiger partial charge in [-0.05, 0) is 80.1 Å². The van der Waals surface area contributed by atoms with Crippen molar-refractivity contribution >= 4 is 17.7 Å². The molecule has 0 aromatic heterocycles. The zero-order valence-electron chi connectivity index (χ0n) is 22.8. The molecule has 0 unspecified atom stereocenters. The Bertz CT molecular complexity index is 1330. The van der Waals surface area contributed by atoms with Crippen molar-refractivity contribution in [1.82, 2.24) is 4.90 Å². The fraction of sp³-hybridized carbons (Fsp3) is 0.500. The maximum atomic E-state index is 13.6. The number of amides is 1. The Morgan fingerprint density at radius 2 is 1.42 bits per heavy atom. The summed E-state index contributed by atoms with van der Waals surface area (Å²) >= 11 is 0. The Kier molecular flexibility index (Phi) is 8.59. The van der Waals surface area contributed by atoms with Gasteiger partial charge >= 0.3 is 30.6 Å². The van der Waals surface area contributed by atoms with Crippen molar-refractivity contribution in [2.45, 2.75) is 75.9 Å². The van der Waals surface area contributed by atoms with E-state index in [9.17, 15) is 54.2 Å². The number of carbonyl (C=O) groups excluding carboxylic acids is 1. The highest BCUT2D eigenvalue weighted by Crippen LogP contribution is 2.42. The van der Waals surface area contributed by atoms with E-state index >= 15 is 0 Å². The van der Waals surface area contributed by atoms with Gasteiger partial charge < -0.3 is 14.7 Å². The number of ether oxygens (including phenoxy) is 1. The van der Waals surface area contributed by atoms with Crippen LogP contribution in [0.3, 0.4) is 0 Å². The zero-order chi connectivity index (χ0) is 32.1. The molecule has 0 bridgehead atoms. The lowest BCUT2D eigenvalue weighted by atomic mass is 9.85. The second-order valence-corrected chi connectivity index (χ2v) is 10.8. The molecule has 1 aliphatic heterocycles. The maximum Gasteiger partial charge on any atom is 0.416 e. The third-order valence-electron chi connectivity index (χ3n) is 8.05. The van der Waals surface area contributed by atoms with E-state index in [0.717, 1.165) is 17.0 Å². The second-order valence-electron chi connectivity index (χ2n) is 10.8. The lowest BCUT2D eigenvalue weighted by molar-refractivity contribution is -0.144. The number of carboxylic acids is 1. The number of nitrogens with zero attached hydrogens (tertiary/aromatic N) is 2. The quantitative estimate of drug-likeness (QED) is 0.330. The van der Waals surface area contributed by atoms with Gasteiger partial charge in [0.1, 0.15) is 6.10 Å². The molecule has 1 saturated heterocycles. The van der Waals surface area contributed by atoms with Crippen LogP contribution in [-0.4, -0.2) is 41.2 Å². The highest BCUT2D eigenvalue weighted by Gasteiger charge is 2.44. The maximum absolute atomic E-state index is 13.6. The van der Waals surface area contributed by atoms with E-state index in [-0.39, 0.29) is 17.7 Å². The number of carbonyl (C=O) groups is 2. The first-order chi connectivity index (χ1) is 19.8. The second kappa shape index (κ2) is 11.5. The Morgan fingerprint density at radius 1 is 0.884 bits per heavy atom. The minimum absolute atomic E-state index is 0.0159. The van der Waals surface area contributed by atoms with Gasteiger partial charge in [-0.25, -0.2) is 4.79 Å². The van der Waals surface area contributed by atoms with Gasteiger partial charge in [0.05, 0.1) is 35.2 Å². The van der Waals surface area contributed by atoms with Gasteiger partial charge in [0.2, 0.25) is 0 Å². The van der Waals surface area contributed by atoms with Gasteiger partial charge in [-0.2, -0.15) is 39.5 Å². The van der Waals surface area contributed by atoms with Crippen LogP contribution in [0.25, 0.3) is 0 Å². The standard InChI is InChI=1S/C28H27F9N2O4/c1-14-23(16-9-19(27(32,33)34)12-20(10-16)28(35,36)37)43-25(42)39(14)13-17-11-18(26(29,30)31)5-8-22(17)38(2)21-6-3-15(4-7-21)24(40)41/h5,8-12,14-15,21,23H,3-4,6-7,13H2,1-2H3,(H,40,41)/t14-,15?,21?,23-/m0/s1. The smallest absolute Gasteiger partial charge is 0.416 e. The van der Waals surface area contributed by atoms with Gasteiger partial charge in [0, 0.05) is 18.8 Å². The van der Waals surface area contributed by atoms with E-state index < -0.39 is 77.5 Å². The van der Waals surface area contributed by atoms with E-state index in [1.54, 1.807) is 11.9 Å². The summed E-state index contributed by atoms with van der Waals surface area (Å²) in [5, 5.41) is 9.27. The van der Waals surface area contributed by atoms with Crippen LogP contribution in [0.5, 0.6) is 0 Å². The Labute approximate surface area is 240 Å². The highest BCUT2D eigenvalue weighted by molar-refractivity contribution is 5.72. The molecule has 1 aliphatic carbocycles. The summed E-state index contributed by atoms with van der Waals surface area (Å²) in [5.41, 5.74) is -4.48. The SMILES string of the molecule is C[C@H]1[C@@H](c2cc(C(F)(F)F)cc(C(F)(F)F)c2)OC(=O)N1Cc1cc(C(F)(F)F)ccc1N(C)C1CCC(C(=O)O)CC1. The number of carboxylic acid groups (broad SMARTS) is 1. The van der Waals surface area contributed by atoms with Gasteiger partial charge in [0.15, 0.2) is 0 Å². The lowest BCUT2D eigenvalue weighted by Crippen LogP contribution is -2.38. The topological polar surface area (TPSA) is 70.1 Å². The van der Waals surface area contributed by atoms with Crippen LogP contribution < -0.4 is 4.90 Å². The average molecular weight is 627 g/mol. The number of cyclic esters (lactones) is 1. The molecule has 0 spiro atoms. The molecule has 2 fully saturated rings. The molecule has 15 heteroatoms. The molecule has 0 radical (unpaired) electrons. The van der Waals surface area contributed by atoms with Crippen LogP contribution >= 0.6 is 0 Å². The number of aliphatic carboxylic acids is 1. The van der Waals surface area contributed by atoms with Crippen molar-refractivity contribution in [3.63, 3.8) is 0 Å². The molecule has 1 saturated carbocycles. The molecular weight excluding hydrogens is 599 g/mol. The molecule has 2 aromatic rings. The predicted molar refractivity (Wildman–Crippen MR) is 134 cm³/mol. The fourth-order valence-corrected chi connectivity index (χ4v) is 5.63. The monoisotopic (exact) mass is 626 g/mol. The van der Waals surface area contributed by atoms with Crippen LogP contribution in [0.4, 0.5) is 50.0 Å². The van der Waals surface area contributed by atoms with E-state index in [2.05, 4.69) is 0 Å². The number of benzene rings is 2. The molecule has 2 atom stereocenters. The number of halogens is 9. The Morgan fingerprint density at radius 3 is 1.91 bits per heavy atom. The summed E-state index contributed by atoms with van der Waals surface area (Å²) < 4.78 is 127. The minimum atomic E-state index is -5.14. The van der Waals surface area contributed by atoms with Crippen LogP contribution in [-0.2, 0) is 34.6 Å². The number of anilines is 1. The summed E-state index contributed by atoms with van der Waals surface area (Å²) in [6.07, 6.45) is -16.1. The fourth-order valence-electron chi connectivity index (χ4n) is 5.63. The summed E-state index contributed by atoms with van der Waals surface area (Å²) in [7, 11) is 1.62. The molecule has 1 heterocycles. The van der Waals surface area contributed by atoms with E-state index in [0.29, 0.717) is 43.5 Å². The van der Waals surface area contributed by atoms with Crippen molar-refractivity contribution in [1.29, 1.82) is 0 Å². The molecule has 6 nitrogen and oxygen atoms in total. The highest BCUT2D eigenvalue weighted by atomic mass is 19.4. The zero-order valence-corrected chi connectivity index (χ0v) is 22.8. The number of hydrogen-bond donors (Lipinski definition) is 1.